The molecule has 0 aliphatic heterocycles. The standard InChI is InChI=1S/C21H30N4O5/c1-14(2)18(25-21(29)23-16-11-7-4-8-12-16)19(27)30-13-17(26)24-20(28)22-15-9-5-3-6-10-15/h4,7-8,11-12,14-15,18H,3,5-6,9-10,13H2,1-2H3,(H2,23,25,29)(H2,22,24,26,28)/t18-/m0/s1. The van der Waals surface area contributed by atoms with Gasteiger partial charge in [-0.25, -0.2) is 14.4 Å². The molecule has 9 heteroatoms. The Kier molecular flexibility index (Phi) is 9.11. The van der Waals surface area contributed by atoms with Gasteiger partial charge in [0, 0.05) is 11.7 Å². The average Bonchev–Trinajstić information content (AvgIpc) is 2.71. The third-order valence-electron chi connectivity index (χ3n) is 4.78. The van der Waals surface area contributed by atoms with Crippen molar-refractivity contribution in [3.63, 3.8) is 0 Å². The van der Waals surface area contributed by atoms with Crippen molar-refractivity contribution >= 4 is 29.6 Å². The third kappa shape index (κ3) is 8.10. The minimum Gasteiger partial charge on any atom is -0.454 e. The minimum atomic E-state index is -0.947. The van der Waals surface area contributed by atoms with E-state index in [0.29, 0.717) is 5.69 Å². The van der Waals surface area contributed by atoms with E-state index in [2.05, 4.69) is 21.3 Å². The maximum absolute atomic E-state index is 12.3. The molecule has 0 unspecified atom stereocenters. The lowest BCUT2D eigenvalue weighted by molar-refractivity contribution is -0.151. The minimum absolute atomic E-state index is 0.0618. The normalized spacial score (nSPS) is 15.0. The average molecular weight is 418 g/mol. The van der Waals surface area contributed by atoms with Crippen LogP contribution in [0.5, 0.6) is 0 Å². The molecule has 30 heavy (non-hydrogen) atoms. The van der Waals surface area contributed by atoms with Gasteiger partial charge in [-0.15, -0.1) is 0 Å². The molecule has 1 aromatic carbocycles. The topological polar surface area (TPSA) is 126 Å². The maximum atomic E-state index is 12.3. The molecule has 0 bridgehead atoms. The Labute approximate surface area is 176 Å². The molecule has 1 aliphatic rings. The summed E-state index contributed by atoms with van der Waals surface area (Å²) in [4.78, 5) is 48.3. The Hall–Kier alpha value is -3.10. The van der Waals surface area contributed by atoms with Crippen LogP contribution < -0.4 is 21.3 Å². The molecule has 0 heterocycles. The van der Waals surface area contributed by atoms with Crippen LogP contribution in [0.2, 0.25) is 0 Å². The lowest BCUT2D eigenvalue weighted by Gasteiger charge is -2.23. The highest BCUT2D eigenvalue weighted by Gasteiger charge is 2.27. The van der Waals surface area contributed by atoms with E-state index < -0.39 is 36.6 Å². The number of urea groups is 2. The number of nitrogens with one attached hydrogen (secondary N) is 4. The molecule has 1 fully saturated rings. The van der Waals surface area contributed by atoms with E-state index in [0.717, 1.165) is 32.1 Å². The van der Waals surface area contributed by atoms with E-state index in [1.165, 1.54) is 0 Å². The maximum Gasteiger partial charge on any atom is 0.329 e. The molecule has 0 spiro atoms. The Bertz CT molecular complexity index is 732. The van der Waals surface area contributed by atoms with Gasteiger partial charge in [-0.1, -0.05) is 51.3 Å². The first-order valence-electron chi connectivity index (χ1n) is 10.2. The summed E-state index contributed by atoms with van der Waals surface area (Å²) in [6.45, 7) is 2.88. The van der Waals surface area contributed by atoms with Gasteiger partial charge in [0.25, 0.3) is 5.91 Å². The van der Waals surface area contributed by atoms with Crippen molar-refractivity contribution in [1.82, 2.24) is 16.0 Å². The van der Waals surface area contributed by atoms with Crippen LogP contribution in [-0.2, 0) is 14.3 Å². The van der Waals surface area contributed by atoms with Crippen LogP contribution in [0.25, 0.3) is 0 Å². The number of amides is 5. The predicted molar refractivity (Wildman–Crippen MR) is 112 cm³/mol. The summed E-state index contributed by atoms with van der Waals surface area (Å²) in [5.74, 6) is -1.75. The summed E-state index contributed by atoms with van der Waals surface area (Å²) in [5.41, 5.74) is 0.578. The van der Waals surface area contributed by atoms with Gasteiger partial charge in [-0.05, 0) is 30.9 Å². The summed E-state index contributed by atoms with van der Waals surface area (Å²) in [5, 5.41) is 10.1. The number of carbonyl (C=O) groups is 4. The van der Waals surface area contributed by atoms with Gasteiger partial charge in [-0.3, -0.25) is 10.1 Å². The van der Waals surface area contributed by atoms with Gasteiger partial charge in [0.2, 0.25) is 0 Å². The largest absolute Gasteiger partial charge is 0.454 e. The zero-order valence-electron chi connectivity index (χ0n) is 17.4. The van der Waals surface area contributed by atoms with Crippen LogP contribution in [0.1, 0.15) is 46.0 Å². The number of rotatable bonds is 7. The van der Waals surface area contributed by atoms with Gasteiger partial charge in [0.1, 0.15) is 6.04 Å². The summed E-state index contributed by atoms with van der Waals surface area (Å²) in [6.07, 6.45) is 5.05. The molecule has 1 saturated carbocycles. The molecule has 1 atom stereocenters. The Balaban J connectivity index is 1.76. The fourth-order valence-electron chi connectivity index (χ4n) is 3.19. The lowest BCUT2D eigenvalue weighted by atomic mass is 9.96. The summed E-state index contributed by atoms with van der Waals surface area (Å²) in [6, 6.07) is 6.74. The van der Waals surface area contributed by atoms with E-state index in [1.807, 2.05) is 6.07 Å². The van der Waals surface area contributed by atoms with E-state index >= 15 is 0 Å². The van der Waals surface area contributed by atoms with Crippen molar-refractivity contribution in [1.29, 1.82) is 0 Å². The quantitative estimate of drug-likeness (QED) is 0.506. The highest BCUT2D eigenvalue weighted by atomic mass is 16.5. The Morgan fingerprint density at radius 1 is 1.00 bits per heavy atom. The highest BCUT2D eigenvalue weighted by molar-refractivity contribution is 5.96. The van der Waals surface area contributed by atoms with Crippen LogP contribution in [0.3, 0.4) is 0 Å². The van der Waals surface area contributed by atoms with Crippen molar-refractivity contribution in [2.75, 3.05) is 11.9 Å². The number of esters is 1. The van der Waals surface area contributed by atoms with Crippen LogP contribution in [0, 0.1) is 5.92 Å². The zero-order chi connectivity index (χ0) is 21.9. The third-order valence-corrected chi connectivity index (χ3v) is 4.78. The smallest absolute Gasteiger partial charge is 0.329 e. The number of ether oxygens (including phenoxy) is 1. The molecular weight excluding hydrogens is 388 g/mol. The SMILES string of the molecule is CC(C)[C@H](NC(=O)Nc1ccccc1)C(=O)OCC(=O)NC(=O)NC1CCCCC1. The monoisotopic (exact) mass is 418 g/mol. The van der Waals surface area contributed by atoms with E-state index in [1.54, 1.807) is 38.1 Å². The number of hydrogen-bond donors (Lipinski definition) is 4. The number of anilines is 1. The number of para-hydroxylation sites is 1. The Morgan fingerprint density at radius 2 is 1.67 bits per heavy atom. The van der Waals surface area contributed by atoms with Crippen LogP contribution >= 0.6 is 0 Å². The van der Waals surface area contributed by atoms with E-state index in [-0.39, 0.29) is 12.0 Å². The molecule has 9 nitrogen and oxygen atoms in total. The van der Waals surface area contributed by atoms with Crippen molar-refractivity contribution in [3.05, 3.63) is 30.3 Å². The summed E-state index contributed by atoms with van der Waals surface area (Å²) in [7, 11) is 0. The number of carbonyl (C=O) groups excluding carboxylic acids is 4. The molecular formula is C21H30N4O5. The molecule has 2 rings (SSSR count). The number of benzene rings is 1. The molecule has 164 valence electrons. The van der Waals surface area contributed by atoms with Crippen molar-refractivity contribution in [2.24, 2.45) is 5.92 Å². The second-order valence-corrected chi connectivity index (χ2v) is 7.65. The molecule has 1 aromatic rings. The lowest BCUT2D eigenvalue weighted by Crippen LogP contribution is -2.49. The van der Waals surface area contributed by atoms with Crippen LogP contribution in [0.4, 0.5) is 15.3 Å². The molecule has 0 saturated heterocycles. The number of imide groups is 1. The van der Waals surface area contributed by atoms with E-state index in [4.69, 9.17) is 4.74 Å². The molecule has 1 aliphatic carbocycles. The molecule has 0 radical (unpaired) electrons. The van der Waals surface area contributed by atoms with Gasteiger partial charge in [0.15, 0.2) is 6.61 Å². The van der Waals surface area contributed by atoms with Crippen molar-refractivity contribution < 1.29 is 23.9 Å². The second kappa shape index (κ2) is 11.8. The first kappa shape index (κ1) is 23.2. The van der Waals surface area contributed by atoms with Crippen molar-refractivity contribution in [3.8, 4) is 0 Å². The first-order valence-corrected chi connectivity index (χ1v) is 10.2. The van der Waals surface area contributed by atoms with Crippen LogP contribution in [0.15, 0.2) is 30.3 Å². The summed E-state index contributed by atoms with van der Waals surface area (Å²) < 4.78 is 5.00. The fraction of sp³-hybridized carbons (Fsp3) is 0.524. The van der Waals surface area contributed by atoms with Gasteiger partial charge < -0.3 is 20.7 Å². The molecule has 0 aromatic heterocycles. The number of hydrogen-bond acceptors (Lipinski definition) is 5. The molecule has 4 N–H and O–H groups in total. The predicted octanol–water partition coefficient (Wildman–Crippen LogP) is 2.53. The molecule has 5 amide bonds. The van der Waals surface area contributed by atoms with Gasteiger partial charge in [0.05, 0.1) is 0 Å². The Morgan fingerprint density at radius 3 is 2.30 bits per heavy atom. The second-order valence-electron chi connectivity index (χ2n) is 7.65. The first-order chi connectivity index (χ1) is 14.3. The van der Waals surface area contributed by atoms with Gasteiger partial charge in [-0.2, -0.15) is 0 Å². The van der Waals surface area contributed by atoms with E-state index in [9.17, 15) is 19.2 Å². The van der Waals surface area contributed by atoms with Crippen molar-refractivity contribution in [2.45, 2.75) is 58.0 Å². The van der Waals surface area contributed by atoms with Crippen LogP contribution in [-0.4, -0.2) is 42.6 Å². The fourth-order valence-corrected chi connectivity index (χ4v) is 3.19. The zero-order valence-corrected chi connectivity index (χ0v) is 17.4. The van der Waals surface area contributed by atoms with Gasteiger partial charge >= 0.3 is 18.0 Å². The summed E-state index contributed by atoms with van der Waals surface area (Å²) >= 11 is 0. The highest BCUT2D eigenvalue weighted by Crippen LogP contribution is 2.17.